The van der Waals surface area contributed by atoms with E-state index in [1.807, 2.05) is 0 Å². The summed E-state index contributed by atoms with van der Waals surface area (Å²) in [6.45, 7) is 1.77. The Labute approximate surface area is 87.3 Å². The molecule has 0 aliphatic carbocycles. The molecule has 0 aliphatic rings. The minimum atomic E-state index is -1.24. The fourth-order valence-electron chi connectivity index (χ4n) is 1.18. The Morgan fingerprint density at radius 1 is 1.57 bits per heavy atom. The molecule has 1 rings (SSSR count). The van der Waals surface area contributed by atoms with Gasteiger partial charge in [0.25, 0.3) is 0 Å². The zero-order valence-electron chi connectivity index (χ0n) is 7.95. The van der Waals surface area contributed by atoms with Gasteiger partial charge in [0.2, 0.25) is 0 Å². The van der Waals surface area contributed by atoms with Gasteiger partial charge in [-0.3, -0.25) is 0 Å². The molecule has 1 atom stereocenters. The van der Waals surface area contributed by atoms with E-state index in [9.17, 15) is 9.90 Å². The molecular weight excluding hydrogens is 204 g/mol. The molecule has 1 aromatic carbocycles. The number of aryl methyl sites for hydroxylation is 1. The number of ether oxygens (including phenoxy) is 1. The topological polar surface area (TPSA) is 46.5 Å². The summed E-state index contributed by atoms with van der Waals surface area (Å²) in [7, 11) is 1.23. The van der Waals surface area contributed by atoms with Crippen molar-refractivity contribution in [1.82, 2.24) is 0 Å². The Morgan fingerprint density at radius 2 is 2.21 bits per heavy atom. The summed E-state index contributed by atoms with van der Waals surface area (Å²) in [5.74, 6) is -0.671. The van der Waals surface area contributed by atoms with Crippen LogP contribution in [-0.2, 0) is 9.53 Å². The summed E-state index contributed by atoms with van der Waals surface area (Å²) in [6.07, 6.45) is -1.24. The number of methoxy groups -OCH3 is 1. The van der Waals surface area contributed by atoms with Gasteiger partial charge >= 0.3 is 5.97 Å². The number of aliphatic hydroxyl groups excluding tert-OH is 1. The molecule has 0 aliphatic heterocycles. The number of carbonyl (C=O) groups is 1. The van der Waals surface area contributed by atoms with Crippen LogP contribution in [-0.4, -0.2) is 18.2 Å². The first kappa shape index (κ1) is 11.0. The summed E-state index contributed by atoms with van der Waals surface area (Å²) >= 11 is 5.74. The second kappa shape index (κ2) is 4.44. The van der Waals surface area contributed by atoms with Gasteiger partial charge in [-0.1, -0.05) is 17.7 Å². The van der Waals surface area contributed by atoms with E-state index in [0.29, 0.717) is 10.6 Å². The Kier molecular flexibility index (Phi) is 3.49. The smallest absolute Gasteiger partial charge is 0.339 e. The summed E-state index contributed by atoms with van der Waals surface area (Å²) in [5, 5.41) is 10.1. The average Bonchev–Trinajstić information content (AvgIpc) is 2.15. The standard InChI is InChI=1S/C10H11ClO3/c1-6-5-7(11)3-4-8(6)9(12)10(13)14-2/h3-5,9,12H,1-2H3. The van der Waals surface area contributed by atoms with Crippen molar-refractivity contribution in [2.75, 3.05) is 7.11 Å². The van der Waals surface area contributed by atoms with E-state index in [2.05, 4.69) is 4.74 Å². The first-order valence-corrected chi connectivity index (χ1v) is 4.46. The van der Waals surface area contributed by atoms with Crippen LogP contribution in [0.15, 0.2) is 18.2 Å². The second-order valence-electron chi connectivity index (χ2n) is 2.93. The van der Waals surface area contributed by atoms with Crippen molar-refractivity contribution < 1.29 is 14.6 Å². The molecule has 0 saturated carbocycles. The highest BCUT2D eigenvalue weighted by molar-refractivity contribution is 6.30. The monoisotopic (exact) mass is 214 g/mol. The molecule has 3 nitrogen and oxygen atoms in total. The average molecular weight is 215 g/mol. The molecule has 0 aromatic heterocycles. The predicted octanol–water partition coefficient (Wildman–Crippen LogP) is 1.85. The van der Waals surface area contributed by atoms with E-state index in [-0.39, 0.29) is 0 Å². The number of esters is 1. The van der Waals surface area contributed by atoms with Gasteiger partial charge in [0, 0.05) is 5.02 Å². The first-order valence-electron chi connectivity index (χ1n) is 4.08. The van der Waals surface area contributed by atoms with Crippen molar-refractivity contribution in [3.8, 4) is 0 Å². The van der Waals surface area contributed by atoms with Crippen molar-refractivity contribution >= 4 is 17.6 Å². The number of hydrogen-bond acceptors (Lipinski definition) is 3. The number of hydrogen-bond donors (Lipinski definition) is 1. The molecule has 0 heterocycles. The molecule has 0 radical (unpaired) electrons. The van der Waals surface area contributed by atoms with Gasteiger partial charge in [0.05, 0.1) is 7.11 Å². The van der Waals surface area contributed by atoms with Gasteiger partial charge < -0.3 is 9.84 Å². The maximum Gasteiger partial charge on any atom is 0.339 e. The Bertz CT molecular complexity index is 349. The fraction of sp³-hybridized carbons (Fsp3) is 0.300. The normalized spacial score (nSPS) is 12.3. The van der Waals surface area contributed by atoms with Crippen molar-refractivity contribution in [1.29, 1.82) is 0 Å². The third kappa shape index (κ3) is 2.25. The summed E-state index contributed by atoms with van der Waals surface area (Å²) in [4.78, 5) is 11.0. The van der Waals surface area contributed by atoms with Gasteiger partial charge in [-0.2, -0.15) is 0 Å². The molecule has 0 fully saturated rings. The van der Waals surface area contributed by atoms with Crippen LogP contribution in [0.3, 0.4) is 0 Å². The first-order chi connectivity index (χ1) is 6.56. The van der Waals surface area contributed by atoms with Crippen molar-refractivity contribution in [3.63, 3.8) is 0 Å². The number of benzene rings is 1. The van der Waals surface area contributed by atoms with Crippen LogP contribution in [0, 0.1) is 6.92 Å². The zero-order valence-corrected chi connectivity index (χ0v) is 8.71. The molecule has 14 heavy (non-hydrogen) atoms. The second-order valence-corrected chi connectivity index (χ2v) is 3.36. The highest BCUT2D eigenvalue weighted by atomic mass is 35.5. The van der Waals surface area contributed by atoms with E-state index in [4.69, 9.17) is 11.6 Å². The molecular formula is C10H11ClO3. The Hall–Kier alpha value is -1.06. The third-order valence-electron chi connectivity index (χ3n) is 1.95. The van der Waals surface area contributed by atoms with Crippen LogP contribution >= 0.6 is 11.6 Å². The molecule has 76 valence electrons. The molecule has 4 heteroatoms. The predicted molar refractivity (Wildman–Crippen MR) is 53.2 cm³/mol. The molecule has 0 saturated heterocycles. The lowest BCUT2D eigenvalue weighted by atomic mass is 10.0. The number of carbonyl (C=O) groups excluding carboxylic acids is 1. The molecule has 0 amide bonds. The largest absolute Gasteiger partial charge is 0.467 e. The SMILES string of the molecule is COC(=O)C(O)c1ccc(Cl)cc1C. The van der Waals surface area contributed by atoms with Crippen LogP contribution in [0.4, 0.5) is 0 Å². The van der Waals surface area contributed by atoms with E-state index in [1.54, 1.807) is 25.1 Å². The molecule has 1 N–H and O–H groups in total. The minimum Gasteiger partial charge on any atom is -0.467 e. The molecule has 0 bridgehead atoms. The lowest BCUT2D eigenvalue weighted by molar-refractivity contribution is -0.150. The fourth-order valence-corrected chi connectivity index (χ4v) is 1.41. The van der Waals surface area contributed by atoms with Crippen LogP contribution in [0.5, 0.6) is 0 Å². The van der Waals surface area contributed by atoms with Gasteiger partial charge in [0.1, 0.15) is 0 Å². The maximum absolute atomic E-state index is 11.0. The Morgan fingerprint density at radius 3 is 2.71 bits per heavy atom. The van der Waals surface area contributed by atoms with Crippen molar-refractivity contribution in [3.05, 3.63) is 34.3 Å². The van der Waals surface area contributed by atoms with Crippen molar-refractivity contribution in [2.45, 2.75) is 13.0 Å². The van der Waals surface area contributed by atoms with Gasteiger partial charge in [0.15, 0.2) is 6.10 Å². The lowest BCUT2D eigenvalue weighted by Crippen LogP contribution is -2.14. The van der Waals surface area contributed by atoms with Crippen LogP contribution in [0.2, 0.25) is 5.02 Å². The highest BCUT2D eigenvalue weighted by Crippen LogP contribution is 2.21. The molecule has 1 unspecified atom stereocenters. The van der Waals surface area contributed by atoms with Crippen LogP contribution in [0.25, 0.3) is 0 Å². The van der Waals surface area contributed by atoms with E-state index in [1.165, 1.54) is 7.11 Å². The van der Waals surface area contributed by atoms with E-state index >= 15 is 0 Å². The van der Waals surface area contributed by atoms with Gasteiger partial charge in [-0.05, 0) is 30.2 Å². The maximum atomic E-state index is 11.0. The number of rotatable bonds is 2. The third-order valence-corrected chi connectivity index (χ3v) is 2.19. The van der Waals surface area contributed by atoms with Gasteiger partial charge in [-0.25, -0.2) is 4.79 Å². The van der Waals surface area contributed by atoms with Crippen LogP contribution < -0.4 is 0 Å². The summed E-state index contributed by atoms with van der Waals surface area (Å²) in [6, 6.07) is 4.92. The highest BCUT2D eigenvalue weighted by Gasteiger charge is 2.19. The minimum absolute atomic E-state index is 0.515. The number of aliphatic hydroxyl groups is 1. The van der Waals surface area contributed by atoms with E-state index in [0.717, 1.165) is 5.56 Å². The molecule has 1 aromatic rings. The van der Waals surface area contributed by atoms with E-state index < -0.39 is 12.1 Å². The molecule has 0 spiro atoms. The Balaban J connectivity index is 3.01. The van der Waals surface area contributed by atoms with Crippen molar-refractivity contribution in [2.24, 2.45) is 0 Å². The lowest BCUT2D eigenvalue weighted by Gasteiger charge is -2.11. The quantitative estimate of drug-likeness (QED) is 0.765. The number of halogens is 1. The summed E-state index contributed by atoms with van der Waals surface area (Å²) in [5.41, 5.74) is 1.27. The summed E-state index contributed by atoms with van der Waals surface area (Å²) < 4.78 is 4.43. The van der Waals surface area contributed by atoms with Gasteiger partial charge in [-0.15, -0.1) is 0 Å². The van der Waals surface area contributed by atoms with Crippen LogP contribution in [0.1, 0.15) is 17.2 Å². The zero-order chi connectivity index (χ0) is 10.7.